The molecule has 1 aliphatic heterocycles. The molecule has 1 fully saturated rings. The number of hydrogen-bond acceptors (Lipinski definition) is 7. The number of carbonyl (C=O) groups is 1. The second kappa shape index (κ2) is 6.42. The molecule has 1 saturated heterocycles. The van der Waals surface area contributed by atoms with Gasteiger partial charge in [-0.3, -0.25) is 4.79 Å². The van der Waals surface area contributed by atoms with E-state index in [1.807, 2.05) is 6.07 Å². The van der Waals surface area contributed by atoms with Gasteiger partial charge in [0.2, 0.25) is 0 Å². The fraction of sp³-hybridized carbons (Fsp3) is 0.267. The topological polar surface area (TPSA) is 67.4 Å². The van der Waals surface area contributed by atoms with Crippen molar-refractivity contribution < 1.29 is 13.9 Å². The summed E-state index contributed by atoms with van der Waals surface area (Å²) in [5, 5.41) is 3.62. The molecule has 0 atom stereocenters. The zero-order valence-corrected chi connectivity index (χ0v) is 14.1. The molecule has 0 spiro atoms. The quantitative estimate of drug-likeness (QED) is 0.774. The van der Waals surface area contributed by atoms with Gasteiger partial charge in [-0.1, -0.05) is 11.3 Å². The van der Waals surface area contributed by atoms with Crippen molar-refractivity contribution in [1.29, 1.82) is 0 Å². The lowest BCUT2D eigenvalue weighted by Crippen LogP contribution is -2.36. The number of halogens is 1. The molecule has 4 rings (SSSR count). The van der Waals surface area contributed by atoms with Crippen LogP contribution in [0.3, 0.4) is 0 Å². The van der Waals surface area contributed by atoms with E-state index in [-0.39, 0.29) is 5.91 Å². The van der Waals surface area contributed by atoms with E-state index in [1.54, 1.807) is 11.3 Å². The van der Waals surface area contributed by atoms with Gasteiger partial charge in [0.25, 0.3) is 5.91 Å². The largest absolute Gasteiger partial charge is 0.378 e. The summed E-state index contributed by atoms with van der Waals surface area (Å²) in [5.41, 5.74) is 0. The number of carbonyl (C=O) groups excluding carboxylic acids is 1. The maximum Gasteiger partial charge on any atom is 0.267 e. The van der Waals surface area contributed by atoms with Crippen LogP contribution in [0.2, 0.25) is 0 Å². The van der Waals surface area contributed by atoms with Gasteiger partial charge in [-0.25, -0.2) is 14.4 Å². The molecule has 6 nitrogen and oxygen atoms in total. The van der Waals surface area contributed by atoms with Crippen LogP contribution in [0.1, 0.15) is 9.67 Å². The van der Waals surface area contributed by atoms with Crippen LogP contribution in [0.5, 0.6) is 0 Å². The fourth-order valence-electron chi connectivity index (χ4n) is 2.35. The molecule has 3 aromatic rings. The summed E-state index contributed by atoms with van der Waals surface area (Å²) in [6.45, 7) is 3.10. The number of morpholine rings is 1. The lowest BCUT2D eigenvalue weighted by Gasteiger charge is -2.25. The van der Waals surface area contributed by atoms with Gasteiger partial charge in [-0.2, -0.15) is 0 Å². The zero-order chi connectivity index (χ0) is 16.5. The standard InChI is InChI=1S/C15H13FN4O2S2/c16-9-1-2-12(17-8-9)18-13(21)10-7-11-14(23-10)19-15(24-11)20-3-5-22-6-4-20/h1-2,7-8H,3-6H2,(H,17,18,21). The van der Waals surface area contributed by atoms with E-state index in [4.69, 9.17) is 4.74 Å². The third-order valence-electron chi connectivity index (χ3n) is 3.55. The third-order valence-corrected chi connectivity index (χ3v) is 5.77. The Balaban J connectivity index is 1.51. The molecule has 0 bridgehead atoms. The summed E-state index contributed by atoms with van der Waals surface area (Å²) in [4.78, 5) is 24.3. The average molecular weight is 364 g/mol. The van der Waals surface area contributed by atoms with Gasteiger partial charge in [0.05, 0.1) is 29.0 Å². The monoisotopic (exact) mass is 364 g/mol. The van der Waals surface area contributed by atoms with E-state index in [0.29, 0.717) is 23.9 Å². The number of thiazole rings is 1. The number of ether oxygens (including phenoxy) is 1. The minimum atomic E-state index is -0.440. The highest BCUT2D eigenvalue weighted by molar-refractivity contribution is 7.29. The molecule has 1 N–H and O–H groups in total. The predicted octanol–water partition coefficient (Wildman–Crippen LogP) is 2.98. The number of nitrogens with one attached hydrogen (secondary N) is 1. The van der Waals surface area contributed by atoms with Crippen molar-refractivity contribution in [3.63, 3.8) is 0 Å². The highest BCUT2D eigenvalue weighted by Crippen LogP contribution is 2.35. The van der Waals surface area contributed by atoms with E-state index >= 15 is 0 Å². The Bertz CT molecular complexity index is 840. The van der Waals surface area contributed by atoms with E-state index in [9.17, 15) is 9.18 Å². The first-order valence-electron chi connectivity index (χ1n) is 7.35. The SMILES string of the molecule is O=C(Nc1ccc(F)cn1)c1cc2sc(N3CCOCC3)nc2s1. The van der Waals surface area contributed by atoms with Crippen molar-refractivity contribution in [3.8, 4) is 0 Å². The number of fused-ring (bicyclic) bond motifs is 1. The molecule has 24 heavy (non-hydrogen) atoms. The molecule has 4 heterocycles. The Labute approximate surface area is 144 Å². The van der Waals surface area contributed by atoms with Crippen LogP contribution in [0.25, 0.3) is 9.53 Å². The molecule has 1 aliphatic rings. The molecule has 124 valence electrons. The lowest BCUT2D eigenvalue weighted by atomic mass is 10.4. The van der Waals surface area contributed by atoms with Gasteiger partial charge < -0.3 is 15.0 Å². The first-order chi connectivity index (χ1) is 11.7. The molecule has 0 aromatic carbocycles. The minimum Gasteiger partial charge on any atom is -0.378 e. The summed E-state index contributed by atoms with van der Waals surface area (Å²) in [5.74, 6) is -0.387. The van der Waals surface area contributed by atoms with Crippen LogP contribution in [-0.2, 0) is 4.74 Å². The van der Waals surface area contributed by atoms with Crippen molar-refractivity contribution in [1.82, 2.24) is 9.97 Å². The number of hydrogen-bond donors (Lipinski definition) is 1. The van der Waals surface area contributed by atoms with E-state index < -0.39 is 5.82 Å². The van der Waals surface area contributed by atoms with Crippen molar-refractivity contribution in [2.24, 2.45) is 0 Å². The minimum absolute atomic E-state index is 0.266. The summed E-state index contributed by atoms with van der Waals surface area (Å²) >= 11 is 2.91. The maximum absolute atomic E-state index is 12.8. The van der Waals surface area contributed by atoms with Crippen LogP contribution in [0.4, 0.5) is 15.3 Å². The molecule has 1 amide bonds. The van der Waals surface area contributed by atoms with Gasteiger partial charge in [0, 0.05) is 13.1 Å². The molecule has 9 heteroatoms. The Morgan fingerprint density at radius 1 is 1.29 bits per heavy atom. The van der Waals surface area contributed by atoms with Gasteiger partial charge in [-0.05, 0) is 18.2 Å². The van der Waals surface area contributed by atoms with Gasteiger partial charge in [0.1, 0.15) is 16.5 Å². The van der Waals surface area contributed by atoms with Crippen LogP contribution < -0.4 is 10.2 Å². The fourth-order valence-corrected chi connectivity index (χ4v) is 4.51. The first-order valence-corrected chi connectivity index (χ1v) is 8.98. The average Bonchev–Trinajstić information content (AvgIpc) is 3.17. The highest BCUT2D eigenvalue weighted by Gasteiger charge is 2.19. The molecule has 0 saturated carbocycles. The summed E-state index contributed by atoms with van der Waals surface area (Å²) in [7, 11) is 0. The van der Waals surface area contributed by atoms with Crippen LogP contribution in [0, 0.1) is 5.82 Å². The second-order valence-electron chi connectivity index (χ2n) is 5.19. The molecule has 0 radical (unpaired) electrons. The molecule has 0 aliphatic carbocycles. The number of aromatic nitrogens is 2. The lowest BCUT2D eigenvalue weighted by molar-refractivity contribution is 0.103. The van der Waals surface area contributed by atoms with Crippen LogP contribution in [-0.4, -0.2) is 42.2 Å². The number of nitrogens with zero attached hydrogens (tertiary/aromatic N) is 3. The van der Waals surface area contributed by atoms with Gasteiger partial charge >= 0.3 is 0 Å². The number of anilines is 2. The van der Waals surface area contributed by atoms with E-state index in [1.165, 1.54) is 23.5 Å². The highest BCUT2D eigenvalue weighted by atomic mass is 32.1. The first kappa shape index (κ1) is 15.4. The molecular weight excluding hydrogens is 351 g/mol. The van der Waals surface area contributed by atoms with Crippen LogP contribution in [0.15, 0.2) is 24.4 Å². The van der Waals surface area contributed by atoms with Crippen molar-refractivity contribution in [2.45, 2.75) is 0 Å². The maximum atomic E-state index is 12.8. The predicted molar refractivity (Wildman–Crippen MR) is 92.7 cm³/mol. The van der Waals surface area contributed by atoms with Crippen molar-refractivity contribution in [3.05, 3.63) is 35.1 Å². The molecule has 0 unspecified atom stereocenters. The van der Waals surface area contributed by atoms with Crippen LogP contribution >= 0.6 is 22.7 Å². The number of thiophene rings is 1. The number of rotatable bonds is 3. The zero-order valence-electron chi connectivity index (χ0n) is 12.5. The van der Waals surface area contributed by atoms with E-state index in [2.05, 4.69) is 20.2 Å². The smallest absolute Gasteiger partial charge is 0.267 e. The number of pyridine rings is 1. The van der Waals surface area contributed by atoms with Gasteiger partial charge in [0.15, 0.2) is 5.13 Å². The Hall–Kier alpha value is -2.10. The Morgan fingerprint density at radius 3 is 2.83 bits per heavy atom. The Morgan fingerprint density at radius 2 is 2.12 bits per heavy atom. The molecular formula is C15H13FN4O2S2. The Kier molecular flexibility index (Phi) is 4.13. The van der Waals surface area contributed by atoms with Crippen molar-refractivity contribution >= 4 is 49.1 Å². The van der Waals surface area contributed by atoms with E-state index in [0.717, 1.165) is 33.9 Å². The second-order valence-corrected chi connectivity index (χ2v) is 7.23. The third kappa shape index (κ3) is 3.10. The van der Waals surface area contributed by atoms with Crippen molar-refractivity contribution in [2.75, 3.05) is 36.5 Å². The van der Waals surface area contributed by atoms with Gasteiger partial charge in [-0.15, -0.1) is 11.3 Å². The molecule has 3 aromatic heterocycles. The summed E-state index contributed by atoms with van der Waals surface area (Å²) < 4.78 is 19.2. The summed E-state index contributed by atoms with van der Waals surface area (Å²) in [6, 6.07) is 4.52. The normalized spacial score (nSPS) is 15.0. The summed E-state index contributed by atoms with van der Waals surface area (Å²) in [6.07, 6.45) is 1.07. The number of amides is 1.